The predicted octanol–water partition coefficient (Wildman–Crippen LogP) is 4.78. The number of nitrogens with one attached hydrogen (secondary N) is 2. The van der Waals surface area contributed by atoms with Crippen LogP contribution in [0.2, 0.25) is 0 Å². The van der Waals surface area contributed by atoms with Gasteiger partial charge in [0.15, 0.2) is 0 Å². The lowest BCUT2D eigenvalue weighted by atomic mass is 9.99. The van der Waals surface area contributed by atoms with Gasteiger partial charge in [-0.05, 0) is 69.9 Å². The van der Waals surface area contributed by atoms with Crippen molar-refractivity contribution in [1.82, 2.24) is 4.98 Å². The molecule has 3 rings (SSSR count). The summed E-state index contributed by atoms with van der Waals surface area (Å²) < 4.78 is 0. The highest BCUT2D eigenvalue weighted by Gasteiger charge is 2.16. The summed E-state index contributed by atoms with van der Waals surface area (Å²) in [5.41, 5.74) is 3.31. The summed E-state index contributed by atoms with van der Waals surface area (Å²) in [5.74, 6) is 0.663. The molecule has 144 valence electrons. The Hall–Kier alpha value is -2.56. The van der Waals surface area contributed by atoms with Crippen molar-refractivity contribution in [3.05, 3.63) is 48.3 Å². The first-order valence-electron chi connectivity index (χ1n) is 9.70. The fraction of sp³-hybridized carbons (Fsp3) is 0.455. The molecule has 0 spiro atoms. The highest BCUT2D eigenvalue weighted by atomic mass is 16.1. The molecule has 0 unspecified atom stereocenters. The number of benzene rings is 1. The molecule has 0 aliphatic carbocycles. The number of amides is 1. The molecule has 1 amide bonds. The smallest absolute Gasteiger partial charge is 0.257 e. The third-order valence-corrected chi connectivity index (χ3v) is 4.79. The van der Waals surface area contributed by atoms with Crippen molar-refractivity contribution in [3.8, 4) is 0 Å². The number of hydrogen-bond acceptors (Lipinski definition) is 4. The highest BCUT2D eigenvalue weighted by Crippen LogP contribution is 2.24. The van der Waals surface area contributed by atoms with Crippen molar-refractivity contribution in [3.63, 3.8) is 0 Å². The van der Waals surface area contributed by atoms with E-state index in [4.69, 9.17) is 0 Å². The number of rotatable bonds is 4. The molecule has 1 aromatic carbocycles. The first kappa shape index (κ1) is 19.2. The minimum atomic E-state index is -0.153. The lowest BCUT2D eigenvalue weighted by Gasteiger charge is -2.32. The van der Waals surface area contributed by atoms with Crippen molar-refractivity contribution in [2.24, 2.45) is 5.92 Å². The van der Waals surface area contributed by atoms with Gasteiger partial charge in [-0.2, -0.15) is 0 Å². The van der Waals surface area contributed by atoms with Crippen LogP contribution in [0.3, 0.4) is 0 Å². The van der Waals surface area contributed by atoms with Crippen molar-refractivity contribution >= 4 is 23.0 Å². The van der Waals surface area contributed by atoms with Gasteiger partial charge in [-0.15, -0.1) is 0 Å². The van der Waals surface area contributed by atoms with E-state index in [1.165, 1.54) is 18.5 Å². The van der Waals surface area contributed by atoms with Crippen molar-refractivity contribution < 1.29 is 4.79 Å². The van der Waals surface area contributed by atoms with Gasteiger partial charge in [0.05, 0.1) is 11.3 Å². The number of nitrogens with zero attached hydrogens (tertiary/aromatic N) is 2. The highest BCUT2D eigenvalue weighted by molar-refractivity contribution is 6.04. The summed E-state index contributed by atoms with van der Waals surface area (Å²) in [7, 11) is 0. The average Bonchev–Trinajstić information content (AvgIpc) is 2.62. The summed E-state index contributed by atoms with van der Waals surface area (Å²) in [6.07, 6.45) is 5.80. The third kappa shape index (κ3) is 5.46. The van der Waals surface area contributed by atoms with Crippen molar-refractivity contribution in [1.29, 1.82) is 0 Å². The van der Waals surface area contributed by atoms with Crippen LogP contribution >= 0.6 is 0 Å². The molecule has 2 heterocycles. The lowest BCUT2D eigenvalue weighted by molar-refractivity contribution is 0.102. The predicted molar refractivity (Wildman–Crippen MR) is 113 cm³/mol. The van der Waals surface area contributed by atoms with Crippen LogP contribution in [0.4, 0.5) is 17.1 Å². The molecule has 2 aromatic rings. The molecule has 0 saturated carbocycles. The van der Waals surface area contributed by atoms with Crippen LogP contribution in [0.5, 0.6) is 0 Å². The molecule has 27 heavy (non-hydrogen) atoms. The monoisotopic (exact) mass is 366 g/mol. The quantitative estimate of drug-likeness (QED) is 0.817. The molecule has 1 fully saturated rings. The second-order valence-corrected chi connectivity index (χ2v) is 8.51. The Morgan fingerprint density at radius 1 is 1.07 bits per heavy atom. The SMILES string of the molecule is CC1CCN(c2ccc(NC(=O)c3cncc(NC(C)(C)C)c3)cc2)CC1. The Morgan fingerprint density at radius 3 is 2.37 bits per heavy atom. The summed E-state index contributed by atoms with van der Waals surface area (Å²) in [6.45, 7) is 10.7. The van der Waals surface area contributed by atoms with Crippen LogP contribution in [0.25, 0.3) is 0 Å². The number of piperidine rings is 1. The molecule has 0 bridgehead atoms. The Morgan fingerprint density at radius 2 is 1.74 bits per heavy atom. The summed E-state index contributed by atoms with van der Waals surface area (Å²) in [4.78, 5) is 19.2. The van der Waals surface area contributed by atoms with Gasteiger partial charge < -0.3 is 15.5 Å². The van der Waals surface area contributed by atoms with Crippen LogP contribution < -0.4 is 15.5 Å². The third-order valence-electron chi connectivity index (χ3n) is 4.79. The molecule has 5 heteroatoms. The maximum atomic E-state index is 12.6. The van der Waals surface area contributed by atoms with Gasteiger partial charge in [0.2, 0.25) is 0 Å². The number of carbonyl (C=O) groups excluding carboxylic acids is 1. The minimum absolute atomic E-state index is 0.0845. The summed E-state index contributed by atoms with van der Waals surface area (Å²) >= 11 is 0. The van der Waals surface area contributed by atoms with E-state index in [0.717, 1.165) is 30.4 Å². The van der Waals surface area contributed by atoms with E-state index in [-0.39, 0.29) is 11.4 Å². The maximum absolute atomic E-state index is 12.6. The zero-order valence-corrected chi connectivity index (χ0v) is 16.7. The van der Waals surface area contributed by atoms with E-state index in [2.05, 4.69) is 60.3 Å². The second-order valence-electron chi connectivity index (χ2n) is 8.51. The Bertz CT molecular complexity index is 772. The Labute approximate surface area is 162 Å². The normalized spacial score (nSPS) is 15.5. The van der Waals surface area contributed by atoms with Gasteiger partial charge in [0.1, 0.15) is 0 Å². The van der Waals surface area contributed by atoms with Crippen LogP contribution in [0.1, 0.15) is 50.9 Å². The van der Waals surface area contributed by atoms with E-state index in [1.54, 1.807) is 12.4 Å². The van der Waals surface area contributed by atoms with Gasteiger partial charge in [-0.1, -0.05) is 6.92 Å². The van der Waals surface area contributed by atoms with E-state index < -0.39 is 0 Å². The molecular formula is C22H30N4O. The van der Waals surface area contributed by atoms with Gasteiger partial charge in [-0.25, -0.2) is 0 Å². The first-order valence-corrected chi connectivity index (χ1v) is 9.70. The van der Waals surface area contributed by atoms with E-state index in [9.17, 15) is 4.79 Å². The first-order chi connectivity index (χ1) is 12.8. The average molecular weight is 367 g/mol. The molecule has 5 nitrogen and oxygen atoms in total. The van der Waals surface area contributed by atoms with Gasteiger partial charge in [0, 0.05) is 42.4 Å². The van der Waals surface area contributed by atoms with Crippen molar-refractivity contribution in [2.45, 2.75) is 46.1 Å². The van der Waals surface area contributed by atoms with Crippen LogP contribution in [0, 0.1) is 5.92 Å². The fourth-order valence-electron chi connectivity index (χ4n) is 3.29. The number of anilines is 3. The number of carbonyl (C=O) groups is 1. The van der Waals surface area contributed by atoms with Crippen LogP contribution in [0.15, 0.2) is 42.7 Å². The molecule has 1 aliphatic heterocycles. The Balaban J connectivity index is 1.63. The Kier molecular flexibility index (Phi) is 5.68. The minimum Gasteiger partial charge on any atom is -0.379 e. The number of hydrogen-bond donors (Lipinski definition) is 2. The molecule has 0 atom stereocenters. The molecule has 1 saturated heterocycles. The standard InChI is InChI=1S/C22H30N4O/c1-16-9-11-26(12-10-16)20-7-5-18(6-8-20)24-21(27)17-13-19(15-23-14-17)25-22(2,3)4/h5-8,13-16,25H,9-12H2,1-4H3,(H,24,27). The molecule has 2 N–H and O–H groups in total. The van der Waals surface area contributed by atoms with E-state index in [0.29, 0.717) is 5.56 Å². The van der Waals surface area contributed by atoms with Gasteiger partial charge in [-0.3, -0.25) is 9.78 Å². The van der Waals surface area contributed by atoms with Gasteiger partial charge >= 0.3 is 0 Å². The summed E-state index contributed by atoms with van der Waals surface area (Å²) in [5, 5.41) is 6.30. The molecule has 1 aliphatic rings. The van der Waals surface area contributed by atoms with Crippen LogP contribution in [-0.4, -0.2) is 29.5 Å². The zero-order valence-electron chi connectivity index (χ0n) is 16.7. The van der Waals surface area contributed by atoms with E-state index in [1.807, 2.05) is 18.2 Å². The fourth-order valence-corrected chi connectivity index (χ4v) is 3.29. The topological polar surface area (TPSA) is 57.3 Å². The number of pyridine rings is 1. The number of aromatic nitrogens is 1. The van der Waals surface area contributed by atoms with Crippen molar-refractivity contribution in [2.75, 3.05) is 28.6 Å². The maximum Gasteiger partial charge on any atom is 0.257 e. The molecule has 1 aromatic heterocycles. The summed E-state index contributed by atoms with van der Waals surface area (Å²) in [6, 6.07) is 9.94. The zero-order chi connectivity index (χ0) is 19.4. The van der Waals surface area contributed by atoms with Crippen LogP contribution in [-0.2, 0) is 0 Å². The van der Waals surface area contributed by atoms with Gasteiger partial charge in [0.25, 0.3) is 5.91 Å². The molecular weight excluding hydrogens is 336 g/mol. The lowest BCUT2D eigenvalue weighted by Crippen LogP contribution is -2.32. The molecule has 0 radical (unpaired) electrons. The largest absolute Gasteiger partial charge is 0.379 e. The second kappa shape index (κ2) is 7.99. The van der Waals surface area contributed by atoms with E-state index >= 15 is 0 Å².